The van der Waals surface area contributed by atoms with Gasteiger partial charge in [0.25, 0.3) is 0 Å². The minimum Gasteiger partial charge on any atom is -0.454 e. The van der Waals surface area contributed by atoms with Crippen molar-refractivity contribution in [3.8, 4) is 17.4 Å². The maximum absolute atomic E-state index is 11.1. The maximum Gasteiger partial charge on any atom is 0.179 e. The molecule has 280 valence electrons. The number of aromatic nitrogens is 2. The molecule has 12 rings (SSSR count). The monoisotopic (exact) mass is 781 g/mol. The molecule has 60 heavy (non-hydrogen) atoms. The van der Waals surface area contributed by atoms with Crippen LogP contribution < -0.4 is 20.7 Å². The Balaban J connectivity index is 1.16. The molecule has 0 amide bonds. The lowest BCUT2D eigenvalue weighted by atomic mass is 10.1. The molecule has 9 aromatic carbocycles. The molecule has 5 heteroatoms. The number of hydrogen-bond donors (Lipinski definition) is 0. The van der Waals surface area contributed by atoms with E-state index in [-0.39, 0.29) is 0 Å². The molecule has 0 saturated carbocycles. The highest BCUT2D eigenvalue weighted by Gasteiger charge is 2.42. The Hall–Kier alpha value is -7.91. The lowest BCUT2D eigenvalue weighted by Gasteiger charge is -2.35. The van der Waals surface area contributed by atoms with Gasteiger partial charge >= 0.3 is 0 Å². The Labute approximate surface area is 347 Å². The molecule has 0 N–H and O–H groups in total. The minimum atomic E-state index is -3.12. The molecule has 0 spiro atoms. The number of fused-ring (bicyclic) bond motifs is 10. The van der Waals surface area contributed by atoms with E-state index in [0.717, 1.165) is 66.0 Å². The number of para-hydroxylation sites is 4. The highest BCUT2D eigenvalue weighted by Crippen LogP contribution is 2.40. The molecule has 0 radical (unpaired) electrons. The van der Waals surface area contributed by atoms with Crippen LogP contribution in [0.4, 0.5) is 0 Å². The summed E-state index contributed by atoms with van der Waals surface area (Å²) in [4.78, 5) is 0. The lowest BCUT2D eigenvalue weighted by molar-refractivity contribution is 0.671. The summed E-state index contributed by atoms with van der Waals surface area (Å²) in [5.74, 6) is 0. The zero-order valence-electron chi connectivity index (χ0n) is 32.5. The molecule has 0 aliphatic rings. The van der Waals surface area contributed by atoms with Crippen LogP contribution in [0.25, 0.3) is 76.9 Å². The Morgan fingerprint density at radius 1 is 0.400 bits per heavy atom. The molecule has 3 aromatic heterocycles. The van der Waals surface area contributed by atoms with Gasteiger partial charge in [0, 0.05) is 38.0 Å². The molecule has 0 aliphatic carbocycles. The number of benzene rings is 9. The van der Waals surface area contributed by atoms with Crippen molar-refractivity contribution in [1.29, 1.82) is 5.26 Å². The van der Waals surface area contributed by atoms with E-state index in [1.165, 1.54) is 31.7 Å². The van der Waals surface area contributed by atoms with E-state index >= 15 is 0 Å². The number of rotatable bonds is 6. The predicted octanol–water partition coefficient (Wildman–Crippen LogP) is 11.0. The molecule has 4 nitrogen and oxygen atoms in total. The van der Waals surface area contributed by atoms with Crippen molar-refractivity contribution in [2.75, 3.05) is 0 Å². The summed E-state index contributed by atoms with van der Waals surface area (Å²) < 4.78 is 11.4. The fourth-order valence-corrected chi connectivity index (χ4v) is 14.8. The minimum absolute atomic E-state index is 0.633. The predicted molar refractivity (Wildman–Crippen MR) is 251 cm³/mol. The Morgan fingerprint density at radius 3 is 1.57 bits per heavy atom. The van der Waals surface area contributed by atoms with E-state index < -0.39 is 8.07 Å². The summed E-state index contributed by atoms with van der Waals surface area (Å²) in [6.45, 7) is 0. The Bertz CT molecular complexity index is 3590. The van der Waals surface area contributed by atoms with Gasteiger partial charge in [0.2, 0.25) is 0 Å². The standard InChI is InChI=1S/C55H35N3OSi/c56-36-37-34-42(30-33-49(37)58-51-27-12-7-22-43(51)44-23-8-13-28-52(44)58)60(39-17-3-1-4-18-39,40-19-5-2-6-20-40)41-21-15-16-38(35-41)57-50-26-11-9-24-45(50)47-31-32-48-46-25-10-14-29-53(46)59-55(48)54(47)57/h1-35H. The van der Waals surface area contributed by atoms with Gasteiger partial charge in [-0.25, -0.2) is 0 Å². The van der Waals surface area contributed by atoms with Crippen molar-refractivity contribution in [1.82, 2.24) is 9.13 Å². The zero-order chi connectivity index (χ0) is 39.8. The first-order chi connectivity index (χ1) is 29.7. The van der Waals surface area contributed by atoms with Crippen LogP contribution in [0.1, 0.15) is 5.56 Å². The first-order valence-corrected chi connectivity index (χ1v) is 22.3. The first-order valence-electron chi connectivity index (χ1n) is 20.3. The van der Waals surface area contributed by atoms with E-state index in [1.54, 1.807) is 0 Å². The third kappa shape index (κ3) is 4.83. The van der Waals surface area contributed by atoms with Crippen molar-refractivity contribution in [2.24, 2.45) is 0 Å². The van der Waals surface area contributed by atoms with Gasteiger partial charge in [-0.3, -0.25) is 0 Å². The molecule has 3 heterocycles. The molecule has 0 unspecified atom stereocenters. The van der Waals surface area contributed by atoms with E-state index in [0.29, 0.717) is 5.56 Å². The van der Waals surface area contributed by atoms with E-state index in [9.17, 15) is 5.26 Å². The molecule has 0 aliphatic heterocycles. The zero-order valence-corrected chi connectivity index (χ0v) is 33.5. The van der Waals surface area contributed by atoms with Gasteiger partial charge < -0.3 is 13.6 Å². The first kappa shape index (κ1) is 34.2. The van der Waals surface area contributed by atoms with Gasteiger partial charge in [0.15, 0.2) is 13.7 Å². The van der Waals surface area contributed by atoms with Gasteiger partial charge in [0.05, 0.1) is 33.3 Å². The summed E-state index contributed by atoms with van der Waals surface area (Å²) in [6.07, 6.45) is 0. The van der Waals surface area contributed by atoms with Crippen molar-refractivity contribution in [3.05, 3.63) is 218 Å². The van der Waals surface area contributed by atoms with Gasteiger partial charge in [-0.05, 0) is 75.3 Å². The molecule has 0 fully saturated rings. The van der Waals surface area contributed by atoms with Crippen molar-refractivity contribution in [2.45, 2.75) is 0 Å². The van der Waals surface area contributed by atoms with E-state index in [1.807, 2.05) is 6.07 Å². The number of furan rings is 1. The van der Waals surface area contributed by atoms with Crippen LogP contribution in [-0.4, -0.2) is 17.2 Å². The molecule has 12 aromatic rings. The highest BCUT2D eigenvalue weighted by atomic mass is 28.3. The van der Waals surface area contributed by atoms with Crippen LogP contribution >= 0.6 is 0 Å². The van der Waals surface area contributed by atoms with Gasteiger partial charge in [-0.2, -0.15) is 5.26 Å². The van der Waals surface area contributed by atoms with Crippen molar-refractivity contribution in [3.63, 3.8) is 0 Å². The van der Waals surface area contributed by atoms with Crippen molar-refractivity contribution >= 4 is 94.4 Å². The average molecular weight is 782 g/mol. The molecular formula is C55H35N3OSi. The second kappa shape index (κ2) is 13.3. The largest absolute Gasteiger partial charge is 0.454 e. The van der Waals surface area contributed by atoms with Crippen LogP contribution in [0.2, 0.25) is 0 Å². The summed E-state index contributed by atoms with van der Waals surface area (Å²) in [6, 6.07) is 78.6. The fraction of sp³-hybridized carbons (Fsp3) is 0. The Morgan fingerprint density at radius 2 is 0.917 bits per heavy atom. The smallest absolute Gasteiger partial charge is 0.179 e. The number of hydrogen-bond acceptors (Lipinski definition) is 2. The highest BCUT2D eigenvalue weighted by molar-refractivity contribution is 7.20. The molecule has 0 bridgehead atoms. The normalized spacial score (nSPS) is 12.0. The van der Waals surface area contributed by atoms with Gasteiger partial charge in [0.1, 0.15) is 11.7 Å². The quantitative estimate of drug-likeness (QED) is 0.125. The van der Waals surface area contributed by atoms with Gasteiger partial charge in [-0.15, -0.1) is 0 Å². The van der Waals surface area contributed by atoms with Crippen LogP contribution in [0.3, 0.4) is 0 Å². The van der Waals surface area contributed by atoms with Crippen molar-refractivity contribution < 1.29 is 4.42 Å². The average Bonchev–Trinajstić information content (AvgIpc) is 3.98. The molecule has 0 atom stereocenters. The SMILES string of the molecule is N#Cc1cc([Si](c2ccccc2)(c2ccccc2)c2cccc(-n3c4ccccc4c4ccc5c6ccccc6oc5c43)c2)ccc1-n1c2ccccc2c2ccccc21. The van der Waals surface area contributed by atoms with Crippen LogP contribution in [0.5, 0.6) is 0 Å². The van der Waals surface area contributed by atoms with E-state index in [2.05, 4.69) is 221 Å². The second-order valence-corrected chi connectivity index (χ2v) is 19.3. The number of nitrogens with zero attached hydrogens (tertiary/aromatic N) is 3. The number of nitriles is 1. The maximum atomic E-state index is 11.1. The summed E-state index contributed by atoms with van der Waals surface area (Å²) in [5, 5.41) is 22.8. The van der Waals surface area contributed by atoms with E-state index in [4.69, 9.17) is 4.42 Å². The summed E-state index contributed by atoms with van der Waals surface area (Å²) in [5.41, 5.74) is 8.64. The fourth-order valence-electron chi connectivity index (χ4n) is 9.99. The third-order valence-corrected chi connectivity index (χ3v) is 17.3. The third-order valence-electron chi connectivity index (χ3n) is 12.5. The van der Waals surface area contributed by atoms with Crippen LogP contribution in [-0.2, 0) is 0 Å². The summed E-state index contributed by atoms with van der Waals surface area (Å²) in [7, 11) is -3.12. The molecule has 0 saturated heterocycles. The topological polar surface area (TPSA) is 46.8 Å². The summed E-state index contributed by atoms with van der Waals surface area (Å²) >= 11 is 0. The Kier molecular flexibility index (Phi) is 7.58. The molecular weight excluding hydrogens is 747 g/mol. The van der Waals surface area contributed by atoms with Crippen LogP contribution in [0.15, 0.2) is 217 Å². The second-order valence-electron chi connectivity index (χ2n) is 15.5. The lowest BCUT2D eigenvalue weighted by Crippen LogP contribution is -2.74. The van der Waals surface area contributed by atoms with Crippen LogP contribution in [0, 0.1) is 11.3 Å². The van der Waals surface area contributed by atoms with Gasteiger partial charge in [-0.1, -0.05) is 158 Å².